The van der Waals surface area contributed by atoms with Crippen molar-refractivity contribution < 1.29 is 0 Å². The second-order valence-corrected chi connectivity index (χ2v) is 3.96. The van der Waals surface area contributed by atoms with Crippen LogP contribution in [0.15, 0.2) is 42.5 Å². The smallest absolute Gasteiger partial charge is 0.0635 e. The second-order valence-electron chi connectivity index (χ2n) is 3.55. The van der Waals surface area contributed by atoms with Gasteiger partial charge >= 0.3 is 0 Å². The Labute approximate surface area is 94.5 Å². The number of anilines is 1. The molecule has 0 spiro atoms. The third-order valence-electron chi connectivity index (χ3n) is 2.45. The summed E-state index contributed by atoms with van der Waals surface area (Å²) in [5.41, 5.74) is 9.94. The van der Waals surface area contributed by atoms with E-state index in [1.165, 1.54) is 11.1 Å². The summed E-state index contributed by atoms with van der Waals surface area (Å²) in [5, 5.41) is 0.604. The summed E-state index contributed by atoms with van der Waals surface area (Å²) >= 11 is 5.88. The van der Waals surface area contributed by atoms with Gasteiger partial charge in [0.05, 0.1) is 10.7 Å². The monoisotopic (exact) mass is 217 g/mol. The van der Waals surface area contributed by atoms with Crippen molar-refractivity contribution in [2.24, 2.45) is 0 Å². The van der Waals surface area contributed by atoms with Crippen molar-refractivity contribution in [3.05, 3.63) is 53.1 Å². The Morgan fingerprint density at radius 1 is 1.07 bits per heavy atom. The number of aryl methyl sites for hydroxylation is 1. The van der Waals surface area contributed by atoms with E-state index < -0.39 is 0 Å². The molecule has 0 fully saturated rings. The molecule has 2 heteroatoms. The first-order valence-corrected chi connectivity index (χ1v) is 5.17. The summed E-state index contributed by atoms with van der Waals surface area (Å²) in [6.07, 6.45) is 0. The molecule has 0 saturated carbocycles. The standard InChI is InChI=1S/C13H12ClN/c1-9-4-2-3-5-11(9)10-6-7-12(14)13(15)8-10/h2-8H,15H2,1H3. The van der Waals surface area contributed by atoms with Gasteiger partial charge in [0.1, 0.15) is 0 Å². The van der Waals surface area contributed by atoms with Gasteiger partial charge in [-0.2, -0.15) is 0 Å². The van der Waals surface area contributed by atoms with Gasteiger partial charge in [-0.1, -0.05) is 41.9 Å². The lowest BCUT2D eigenvalue weighted by atomic mass is 10.0. The molecule has 0 atom stereocenters. The molecular weight excluding hydrogens is 206 g/mol. The number of nitrogen functional groups attached to an aromatic ring is 1. The average molecular weight is 218 g/mol. The number of benzene rings is 2. The van der Waals surface area contributed by atoms with Crippen LogP contribution in [0.3, 0.4) is 0 Å². The molecule has 76 valence electrons. The molecule has 15 heavy (non-hydrogen) atoms. The highest BCUT2D eigenvalue weighted by molar-refractivity contribution is 6.33. The van der Waals surface area contributed by atoms with E-state index in [1.807, 2.05) is 30.3 Å². The zero-order chi connectivity index (χ0) is 10.8. The zero-order valence-electron chi connectivity index (χ0n) is 8.50. The van der Waals surface area contributed by atoms with E-state index >= 15 is 0 Å². The van der Waals surface area contributed by atoms with Crippen LogP contribution < -0.4 is 5.73 Å². The highest BCUT2D eigenvalue weighted by Crippen LogP contribution is 2.28. The molecule has 0 aliphatic rings. The van der Waals surface area contributed by atoms with Crippen LogP contribution in [-0.2, 0) is 0 Å². The van der Waals surface area contributed by atoms with Crippen molar-refractivity contribution >= 4 is 17.3 Å². The van der Waals surface area contributed by atoms with E-state index in [4.69, 9.17) is 17.3 Å². The van der Waals surface area contributed by atoms with Crippen molar-refractivity contribution in [1.29, 1.82) is 0 Å². The van der Waals surface area contributed by atoms with Crippen molar-refractivity contribution in [1.82, 2.24) is 0 Å². The Morgan fingerprint density at radius 2 is 1.80 bits per heavy atom. The van der Waals surface area contributed by atoms with E-state index in [0.717, 1.165) is 5.56 Å². The van der Waals surface area contributed by atoms with E-state index in [2.05, 4.69) is 19.1 Å². The Bertz CT molecular complexity index is 492. The van der Waals surface area contributed by atoms with Gasteiger partial charge in [0.15, 0.2) is 0 Å². The Kier molecular flexibility index (Phi) is 2.65. The minimum absolute atomic E-state index is 0.604. The molecule has 0 aliphatic carbocycles. The molecule has 2 aromatic carbocycles. The van der Waals surface area contributed by atoms with Crippen LogP contribution in [-0.4, -0.2) is 0 Å². The fourth-order valence-electron chi connectivity index (χ4n) is 1.61. The van der Waals surface area contributed by atoms with Gasteiger partial charge in [-0.15, -0.1) is 0 Å². The molecule has 0 unspecified atom stereocenters. The topological polar surface area (TPSA) is 26.0 Å². The van der Waals surface area contributed by atoms with E-state index in [0.29, 0.717) is 10.7 Å². The van der Waals surface area contributed by atoms with Crippen molar-refractivity contribution in [2.75, 3.05) is 5.73 Å². The highest BCUT2D eigenvalue weighted by atomic mass is 35.5. The summed E-state index contributed by atoms with van der Waals surface area (Å²) in [4.78, 5) is 0. The van der Waals surface area contributed by atoms with E-state index in [1.54, 1.807) is 0 Å². The van der Waals surface area contributed by atoms with Crippen LogP contribution in [0.4, 0.5) is 5.69 Å². The summed E-state index contributed by atoms with van der Waals surface area (Å²) in [6, 6.07) is 13.9. The van der Waals surface area contributed by atoms with Crippen LogP contribution in [0.2, 0.25) is 5.02 Å². The molecule has 0 aromatic heterocycles. The maximum Gasteiger partial charge on any atom is 0.0635 e. The summed E-state index contributed by atoms with van der Waals surface area (Å²) in [6.45, 7) is 2.08. The molecule has 0 aliphatic heterocycles. The first kappa shape index (κ1) is 10.1. The number of halogens is 1. The lowest BCUT2D eigenvalue weighted by molar-refractivity contribution is 1.46. The number of nitrogens with two attached hydrogens (primary N) is 1. The molecule has 0 saturated heterocycles. The molecule has 2 N–H and O–H groups in total. The predicted molar refractivity (Wildman–Crippen MR) is 66.0 cm³/mol. The third kappa shape index (κ3) is 1.97. The molecular formula is C13H12ClN. The van der Waals surface area contributed by atoms with Crippen LogP contribution in [0.1, 0.15) is 5.56 Å². The molecule has 0 heterocycles. The van der Waals surface area contributed by atoms with Crippen LogP contribution in [0, 0.1) is 6.92 Å². The van der Waals surface area contributed by atoms with Gasteiger partial charge in [0, 0.05) is 0 Å². The summed E-state index contributed by atoms with van der Waals surface area (Å²) in [5.74, 6) is 0. The van der Waals surface area contributed by atoms with E-state index in [-0.39, 0.29) is 0 Å². The normalized spacial score (nSPS) is 10.3. The SMILES string of the molecule is Cc1ccccc1-c1ccc(Cl)c(N)c1. The minimum atomic E-state index is 0.604. The van der Waals surface area contributed by atoms with Crippen molar-refractivity contribution in [3.8, 4) is 11.1 Å². The quantitative estimate of drug-likeness (QED) is 0.721. The second kappa shape index (κ2) is 3.95. The maximum absolute atomic E-state index is 5.88. The Balaban J connectivity index is 2.55. The molecule has 0 radical (unpaired) electrons. The average Bonchev–Trinajstić information content (AvgIpc) is 2.23. The first-order valence-electron chi connectivity index (χ1n) is 4.79. The minimum Gasteiger partial charge on any atom is -0.398 e. The van der Waals surface area contributed by atoms with E-state index in [9.17, 15) is 0 Å². The molecule has 2 aromatic rings. The molecule has 2 rings (SSSR count). The molecule has 1 nitrogen and oxygen atoms in total. The predicted octanol–water partition coefficient (Wildman–Crippen LogP) is 3.90. The fourth-order valence-corrected chi connectivity index (χ4v) is 1.73. The van der Waals surface area contributed by atoms with Crippen LogP contribution in [0.5, 0.6) is 0 Å². The Hall–Kier alpha value is -1.47. The van der Waals surface area contributed by atoms with Crippen molar-refractivity contribution in [2.45, 2.75) is 6.92 Å². The van der Waals surface area contributed by atoms with Gasteiger partial charge in [-0.05, 0) is 35.7 Å². The van der Waals surface area contributed by atoms with Gasteiger partial charge in [0.25, 0.3) is 0 Å². The molecule has 0 amide bonds. The van der Waals surface area contributed by atoms with Gasteiger partial charge in [-0.25, -0.2) is 0 Å². The Morgan fingerprint density at radius 3 is 2.47 bits per heavy atom. The number of rotatable bonds is 1. The third-order valence-corrected chi connectivity index (χ3v) is 2.80. The lowest BCUT2D eigenvalue weighted by Gasteiger charge is -2.07. The molecule has 0 bridgehead atoms. The van der Waals surface area contributed by atoms with Crippen molar-refractivity contribution in [3.63, 3.8) is 0 Å². The largest absolute Gasteiger partial charge is 0.398 e. The van der Waals surface area contributed by atoms with Gasteiger partial charge in [0.2, 0.25) is 0 Å². The summed E-state index contributed by atoms with van der Waals surface area (Å²) in [7, 11) is 0. The van der Waals surface area contributed by atoms with Gasteiger partial charge in [-0.3, -0.25) is 0 Å². The van der Waals surface area contributed by atoms with Gasteiger partial charge < -0.3 is 5.73 Å². The maximum atomic E-state index is 5.88. The summed E-state index contributed by atoms with van der Waals surface area (Å²) < 4.78 is 0. The first-order chi connectivity index (χ1) is 7.18. The highest BCUT2D eigenvalue weighted by Gasteiger charge is 2.02. The van der Waals surface area contributed by atoms with Crippen LogP contribution in [0.25, 0.3) is 11.1 Å². The van der Waals surface area contributed by atoms with Crippen LogP contribution >= 0.6 is 11.6 Å². The number of hydrogen-bond acceptors (Lipinski definition) is 1. The zero-order valence-corrected chi connectivity index (χ0v) is 9.25. The lowest BCUT2D eigenvalue weighted by Crippen LogP contribution is -1.88. The fraction of sp³-hybridized carbons (Fsp3) is 0.0769. The number of hydrogen-bond donors (Lipinski definition) is 1.